The summed E-state index contributed by atoms with van der Waals surface area (Å²) in [5.41, 5.74) is 9.08. The molecule has 9 nitrogen and oxygen atoms in total. The third-order valence-electron chi connectivity index (χ3n) is 5.61. The SMILES string of the molecule is Cc1cccc(NC(=O)N2CCN(c3nc(N)nc4nc(-c5ccccc5F)[nH]c34)CC2)c1. The van der Waals surface area contributed by atoms with Gasteiger partial charge in [0.15, 0.2) is 11.5 Å². The smallest absolute Gasteiger partial charge is 0.321 e. The number of H-pyrrole nitrogens is 1. The first kappa shape index (κ1) is 20.7. The average molecular weight is 446 g/mol. The van der Waals surface area contributed by atoms with Crippen LogP contribution < -0.4 is 16.0 Å². The normalized spacial score (nSPS) is 14.0. The number of carbonyl (C=O) groups excluding carboxylic acids is 1. The maximum absolute atomic E-state index is 14.3. The summed E-state index contributed by atoms with van der Waals surface area (Å²) in [6, 6.07) is 13.9. The summed E-state index contributed by atoms with van der Waals surface area (Å²) in [6.45, 7) is 4.12. The van der Waals surface area contributed by atoms with Gasteiger partial charge in [-0.2, -0.15) is 9.97 Å². The van der Waals surface area contributed by atoms with E-state index in [-0.39, 0.29) is 17.8 Å². The number of piperazine rings is 1. The number of anilines is 3. The maximum atomic E-state index is 14.3. The molecule has 0 unspecified atom stereocenters. The van der Waals surface area contributed by atoms with Crippen molar-refractivity contribution in [2.24, 2.45) is 0 Å². The molecular weight excluding hydrogens is 423 g/mol. The Morgan fingerprint density at radius 3 is 2.61 bits per heavy atom. The van der Waals surface area contributed by atoms with Gasteiger partial charge in [-0.15, -0.1) is 0 Å². The van der Waals surface area contributed by atoms with E-state index in [4.69, 9.17) is 5.73 Å². The Hall–Kier alpha value is -4.21. The summed E-state index contributed by atoms with van der Waals surface area (Å²) >= 11 is 0. The van der Waals surface area contributed by atoms with Crippen LogP contribution in [-0.4, -0.2) is 57.0 Å². The fourth-order valence-corrected chi connectivity index (χ4v) is 3.96. The van der Waals surface area contributed by atoms with Gasteiger partial charge in [-0.25, -0.2) is 14.2 Å². The number of benzene rings is 2. The monoisotopic (exact) mass is 446 g/mol. The van der Waals surface area contributed by atoms with Crippen LogP contribution in [0.4, 0.5) is 26.6 Å². The number of aryl methyl sites for hydroxylation is 1. The lowest BCUT2D eigenvalue weighted by Gasteiger charge is -2.35. The fourth-order valence-electron chi connectivity index (χ4n) is 3.96. The summed E-state index contributed by atoms with van der Waals surface area (Å²) in [5.74, 6) is 0.655. The molecule has 1 saturated heterocycles. The Morgan fingerprint density at radius 1 is 1.06 bits per heavy atom. The molecule has 1 aliphatic rings. The van der Waals surface area contributed by atoms with Crippen LogP contribution in [0, 0.1) is 12.7 Å². The molecule has 4 N–H and O–H groups in total. The van der Waals surface area contributed by atoms with Crippen molar-refractivity contribution in [3.05, 3.63) is 59.9 Å². The number of imidazole rings is 1. The number of hydrogen-bond acceptors (Lipinski definition) is 6. The maximum Gasteiger partial charge on any atom is 0.321 e. The Balaban J connectivity index is 1.35. The molecule has 1 aliphatic heterocycles. The number of aromatic nitrogens is 4. The summed E-state index contributed by atoms with van der Waals surface area (Å²) in [7, 11) is 0. The van der Waals surface area contributed by atoms with Crippen LogP contribution in [0.1, 0.15) is 5.56 Å². The highest BCUT2D eigenvalue weighted by atomic mass is 19.1. The molecule has 168 valence electrons. The first-order valence-electron chi connectivity index (χ1n) is 10.6. The molecule has 5 rings (SSSR count). The van der Waals surface area contributed by atoms with Crippen LogP contribution in [0.15, 0.2) is 48.5 Å². The summed E-state index contributed by atoms with van der Waals surface area (Å²) in [6.07, 6.45) is 0. The van der Waals surface area contributed by atoms with Crippen molar-refractivity contribution in [1.29, 1.82) is 0 Å². The fraction of sp³-hybridized carbons (Fsp3) is 0.217. The lowest BCUT2D eigenvalue weighted by molar-refractivity contribution is 0.208. The van der Waals surface area contributed by atoms with Gasteiger partial charge < -0.3 is 25.8 Å². The van der Waals surface area contributed by atoms with E-state index in [0.717, 1.165) is 11.3 Å². The van der Waals surface area contributed by atoms with E-state index in [2.05, 4.69) is 25.3 Å². The molecule has 2 amide bonds. The Bertz CT molecular complexity index is 1330. The third kappa shape index (κ3) is 4.14. The molecule has 0 atom stereocenters. The molecule has 33 heavy (non-hydrogen) atoms. The molecule has 0 bridgehead atoms. The quantitative estimate of drug-likeness (QED) is 0.444. The Labute approximate surface area is 189 Å². The van der Waals surface area contributed by atoms with Gasteiger partial charge in [-0.1, -0.05) is 24.3 Å². The number of fused-ring (bicyclic) bond motifs is 1. The molecule has 0 radical (unpaired) electrons. The van der Waals surface area contributed by atoms with E-state index in [1.807, 2.05) is 36.1 Å². The predicted molar refractivity (Wildman–Crippen MR) is 125 cm³/mol. The molecule has 0 aliphatic carbocycles. The van der Waals surface area contributed by atoms with E-state index in [1.165, 1.54) is 6.07 Å². The van der Waals surface area contributed by atoms with E-state index in [1.54, 1.807) is 23.1 Å². The van der Waals surface area contributed by atoms with Crippen LogP contribution in [0.25, 0.3) is 22.6 Å². The number of halogens is 1. The number of amides is 2. The first-order chi connectivity index (χ1) is 16.0. The van der Waals surface area contributed by atoms with Crippen LogP contribution in [-0.2, 0) is 0 Å². The van der Waals surface area contributed by atoms with Crippen molar-refractivity contribution in [3.63, 3.8) is 0 Å². The number of nitrogens with zero attached hydrogens (tertiary/aromatic N) is 5. The van der Waals surface area contributed by atoms with Gasteiger partial charge >= 0.3 is 6.03 Å². The van der Waals surface area contributed by atoms with Crippen molar-refractivity contribution in [3.8, 4) is 11.4 Å². The zero-order valence-electron chi connectivity index (χ0n) is 18.0. The van der Waals surface area contributed by atoms with Gasteiger partial charge in [-0.05, 0) is 36.8 Å². The predicted octanol–water partition coefficient (Wildman–Crippen LogP) is 3.40. The number of rotatable bonds is 3. The minimum absolute atomic E-state index is 0.0868. The molecule has 0 spiro atoms. The van der Waals surface area contributed by atoms with Crippen LogP contribution in [0.2, 0.25) is 0 Å². The second-order valence-electron chi connectivity index (χ2n) is 7.94. The Morgan fingerprint density at radius 2 is 1.85 bits per heavy atom. The molecule has 3 heterocycles. The summed E-state index contributed by atoms with van der Waals surface area (Å²) < 4.78 is 14.3. The van der Waals surface area contributed by atoms with E-state index in [9.17, 15) is 9.18 Å². The van der Waals surface area contributed by atoms with Crippen LogP contribution in [0.3, 0.4) is 0 Å². The first-order valence-corrected chi connectivity index (χ1v) is 10.6. The zero-order chi connectivity index (χ0) is 22.9. The van der Waals surface area contributed by atoms with Gasteiger partial charge in [-0.3, -0.25) is 0 Å². The number of aromatic amines is 1. The second-order valence-corrected chi connectivity index (χ2v) is 7.94. The van der Waals surface area contributed by atoms with Crippen LogP contribution in [0.5, 0.6) is 0 Å². The molecule has 2 aromatic heterocycles. The number of nitrogens with two attached hydrogens (primary N) is 1. The highest BCUT2D eigenvalue weighted by Gasteiger charge is 2.25. The third-order valence-corrected chi connectivity index (χ3v) is 5.61. The average Bonchev–Trinajstić information content (AvgIpc) is 3.22. The van der Waals surface area contributed by atoms with Crippen molar-refractivity contribution in [2.45, 2.75) is 6.92 Å². The molecule has 10 heteroatoms. The number of urea groups is 1. The minimum atomic E-state index is -0.382. The second kappa shape index (κ2) is 8.38. The zero-order valence-corrected chi connectivity index (χ0v) is 18.0. The molecule has 0 saturated carbocycles. The van der Waals surface area contributed by atoms with Gasteiger partial charge in [0.05, 0.1) is 5.56 Å². The lowest BCUT2D eigenvalue weighted by Crippen LogP contribution is -2.50. The highest BCUT2D eigenvalue weighted by molar-refractivity contribution is 5.90. The number of nitrogen functional groups attached to an aromatic ring is 1. The standard InChI is InChI=1S/C23H23FN8O/c1-14-5-4-6-15(13-14)26-23(33)32-11-9-31(10-12-32)21-18-20(29-22(25)30-21)28-19(27-18)16-7-2-3-8-17(16)24/h2-8,13H,9-12H2,1H3,(H,26,33)(H3,25,27,28,29,30). The molecule has 4 aromatic rings. The van der Waals surface area contributed by atoms with Crippen molar-refractivity contribution >= 4 is 34.6 Å². The number of nitrogens with one attached hydrogen (secondary N) is 2. The highest BCUT2D eigenvalue weighted by Crippen LogP contribution is 2.28. The van der Waals surface area contributed by atoms with Gasteiger partial charge in [0.2, 0.25) is 5.95 Å². The van der Waals surface area contributed by atoms with Gasteiger partial charge in [0.1, 0.15) is 17.2 Å². The largest absolute Gasteiger partial charge is 0.368 e. The number of hydrogen-bond donors (Lipinski definition) is 3. The summed E-state index contributed by atoms with van der Waals surface area (Å²) in [5, 5.41) is 2.94. The van der Waals surface area contributed by atoms with Gasteiger partial charge in [0.25, 0.3) is 0 Å². The molecule has 2 aromatic carbocycles. The molecular formula is C23H23FN8O. The van der Waals surface area contributed by atoms with Crippen molar-refractivity contribution in [2.75, 3.05) is 42.1 Å². The van der Waals surface area contributed by atoms with E-state index >= 15 is 0 Å². The minimum Gasteiger partial charge on any atom is -0.368 e. The lowest BCUT2D eigenvalue weighted by atomic mass is 10.2. The van der Waals surface area contributed by atoms with Crippen LogP contribution >= 0.6 is 0 Å². The molecule has 1 fully saturated rings. The van der Waals surface area contributed by atoms with Crippen molar-refractivity contribution in [1.82, 2.24) is 24.8 Å². The Kier molecular flexibility index (Phi) is 5.25. The topological polar surface area (TPSA) is 116 Å². The summed E-state index contributed by atoms with van der Waals surface area (Å²) in [4.78, 5) is 32.7. The van der Waals surface area contributed by atoms with E-state index in [0.29, 0.717) is 54.5 Å². The van der Waals surface area contributed by atoms with Crippen molar-refractivity contribution < 1.29 is 9.18 Å². The van der Waals surface area contributed by atoms with Gasteiger partial charge in [0, 0.05) is 31.9 Å². The van der Waals surface area contributed by atoms with E-state index < -0.39 is 0 Å². The number of carbonyl (C=O) groups is 1.